The van der Waals surface area contributed by atoms with Crippen LogP contribution in [0.3, 0.4) is 0 Å². The minimum absolute atomic E-state index is 0.0254. The van der Waals surface area contributed by atoms with E-state index in [1.54, 1.807) is 0 Å². The molecule has 112 valence electrons. The van der Waals surface area contributed by atoms with E-state index in [2.05, 4.69) is 5.32 Å². The Balaban J connectivity index is 2.72. The number of nitrogens with one attached hydrogen (secondary N) is 1. The van der Waals surface area contributed by atoms with Crippen molar-refractivity contribution in [1.82, 2.24) is 5.32 Å². The lowest BCUT2D eigenvalue weighted by atomic mass is 9.98. The fourth-order valence-corrected chi connectivity index (χ4v) is 1.77. The largest absolute Gasteiger partial charge is 0.480 e. The van der Waals surface area contributed by atoms with Crippen molar-refractivity contribution >= 4 is 11.9 Å². The van der Waals surface area contributed by atoms with Crippen molar-refractivity contribution in [2.24, 2.45) is 5.92 Å². The van der Waals surface area contributed by atoms with E-state index in [-0.39, 0.29) is 18.4 Å². The van der Waals surface area contributed by atoms with Gasteiger partial charge >= 0.3 is 5.97 Å². The fourth-order valence-electron chi connectivity index (χ4n) is 1.77. The van der Waals surface area contributed by atoms with Crippen LogP contribution >= 0.6 is 0 Å². The van der Waals surface area contributed by atoms with E-state index in [1.807, 2.05) is 6.07 Å². The first-order valence-corrected chi connectivity index (χ1v) is 6.18. The number of carboxylic acids is 1. The number of nitrogens with zero attached hydrogens (tertiary/aromatic N) is 1. The van der Waals surface area contributed by atoms with E-state index >= 15 is 0 Å². The Morgan fingerprint density at radius 3 is 2.57 bits per heavy atom. The average Bonchev–Trinajstić information content (AvgIpc) is 2.40. The molecule has 2 N–H and O–H groups in total. The van der Waals surface area contributed by atoms with E-state index in [0.29, 0.717) is 0 Å². The number of carbonyl (C=O) groups excluding carboxylic acids is 1. The fraction of sp³-hybridized carbons (Fsp3) is 0.357. The van der Waals surface area contributed by atoms with Gasteiger partial charge in [0, 0.05) is 12.3 Å². The van der Waals surface area contributed by atoms with Crippen molar-refractivity contribution in [3.8, 4) is 6.07 Å². The van der Waals surface area contributed by atoms with Crippen LogP contribution in [0.4, 0.5) is 8.78 Å². The highest BCUT2D eigenvalue weighted by Gasteiger charge is 2.26. The number of nitriles is 1. The van der Waals surface area contributed by atoms with E-state index < -0.39 is 35.5 Å². The lowest BCUT2D eigenvalue weighted by Gasteiger charge is -2.19. The summed E-state index contributed by atoms with van der Waals surface area (Å²) in [6, 6.07) is 3.64. The Labute approximate surface area is 120 Å². The van der Waals surface area contributed by atoms with Gasteiger partial charge in [-0.15, -0.1) is 0 Å². The first-order chi connectivity index (χ1) is 9.85. The molecule has 0 aliphatic rings. The molecular formula is C14H14F2N2O3. The normalized spacial score (nSPS) is 13.0. The van der Waals surface area contributed by atoms with Gasteiger partial charge in [0.05, 0.1) is 12.5 Å². The standard InChI is InChI=1S/C14H14F2N2O3/c1-8(4-5-17)13(14(20)21)18-12(19)7-9-2-3-10(15)11(16)6-9/h2-3,6,8,13H,4,7H2,1H3,(H,18,19)(H,20,21)/t8-,13-/m1/s1. The van der Waals surface area contributed by atoms with Gasteiger partial charge in [0.1, 0.15) is 6.04 Å². The van der Waals surface area contributed by atoms with Gasteiger partial charge in [-0.25, -0.2) is 13.6 Å². The number of amides is 1. The van der Waals surface area contributed by atoms with Crippen LogP contribution < -0.4 is 5.32 Å². The number of benzene rings is 1. The Morgan fingerprint density at radius 1 is 1.38 bits per heavy atom. The minimum Gasteiger partial charge on any atom is -0.480 e. The second-order valence-electron chi connectivity index (χ2n) is 4.65. The molecule has 7 heteroatoms. The molecule has 0 saturated carbocycles. The molecule has 5 nitrogen and oxygen atoms in total. The number of aliphatic carboxylic acids is 1. The number of rotatable bonds is 6. The van der Waals surface area contributed by atoms with Crippen molar-refractivity contribution in [3.63, 3.8) is 0 Å². The number of carboxylic acid groups (broad SMARTS) is 1. The molecule has 0 spiro atoms. The molecule has 0 aliphatic carbocycles. The van der Waals surface area contributed by atoms with E-state index in [9.17, 15) is 18.4 Å². The topological polar surface area (TPSA) is 90.2 Å². The van der Waals surface area contributed by atoms with Crippen LogP contribution in [0, 0.1) is 28.9 Å². The molecule has 21 heavy (non-hydrogen) atoms. The SMILES string of the molecule is C[C@H](CC#N)[C@@H](NC(=O)Cc1ccc(F)c(F)c1)C(=O)O. The number of hydrogen-bond donors (Lipinski definition) is 2. The van der Waals surface area contributed by atoms with Crippen LogP contribution in [0.2, 0.25) is 0 Å². The summed E-state index contributed by atoms with van der Waals surface area (Å²) in [4.78, 5) is 22.8. The molecule has 2 atom stereocenters. The van der Waals surface area contributed by atoms with Gasteiger partial charge in [0.25, 0.3) is 0 Å². The third-order valence-corrected chi connectivity index (χ3v) is 2.91. The minimum atomic E-state index is -1.25. The highest BCUT2D eigenvalue weighted by molar-refractivity contribution is 5.85. The van der Waals surface area contributed by atoms with E-state index in [0.717, 1.165) is 12.1 Å². The Kier molecular flexibility index (Phi) is 5.79. The van der Waals surface area contributed by atoms with Crippen LogP contribution in [0.5, 0.6) is 0 Å². The smallest absolute Gasteiger partial charge is 0.326 e. The summed E-state index contributed by atoms with van der Waals surface area (Å²) in [6.07, 6.45) is -0.303. The summed E-state index contributed by atoms with van der Waals surface area (Å²) in [7, 11) is 0. The molecule has 1 amide bonds. The van der Waals surface area contributed by atoms with Crippen LogP contribution in [-0.4, -0.2) is 23.0 Å². The van der Waals surface area contributed by atoms with Gasteiger partial charge in [-0.3, -0.25) is 4.79 Å². The van der Waals surface area contributed by atoms with Crippen LogP contribution in [0.1, 0.15) is 18.9 Å². The first kappa shape index (κ1) is 16.6. The molecule has 1 rings (SSSR count). The average molecular weight is 296 g/mol. The molecule has 0 unspecified atom stereocenters. The molecule has 1 aromatic carbocycles. The van der Waals surface area contributed by atoms with Crippen molar-refractivity contribution in [3.05, 3.63) is 35.4 Å². The predicted octanol–water partition coefficient (Wildman–Crippen LogP) is 1.63. The molecular weight excluding hydrogens is 282 g/mol. The molecule has 1 aromatic rings. The van der Waals surface area contributed by atoms with Crippen molar-refractivity contribution in [2.75, 3.05) is 0 Å². The second kappa shape index (κ2) is 7.33. The number of carbonyl (C=O) groups is 2. The maximum Gasteiger partial charge on any atom is 0.326 e. The lowest BCUT2D eigenvalue weighted by Crippen LogP contribution is -2.45. The summed E-state index contributed by atoms with van der Waals surface area (Å²) in [6.45, 7) is 1.53. The summed E-state index contributed by atoms with van der Waals surface area (Å²) >= 11 is 0. The van der Waals surface area contributed by atoms with Gasteiger partial charge in [0.15, 0.2) is 11.6 Å². The van der Waals surface area contributed by atoms with Gasteiger partial charge in [-0.1, -0.05) is 13.0 Å². The molecule has 0 saturated heterocycles. The van der Waals surface area contributed by atoms with E-state index in [1.165, 1.54) is 13.0 Å². The predicted molar refractivity (Wildman–Crippen MR) is 69.0 cm³/mol. The van der Waals surface area contributed by atoms with Crippen molar-refractivity contribution < 1.29 is 23.5 Å². The zero-order valence-corrected chi connectivity index (χ0v) is 11.3. The highest BCUT2D eigenvalue weighted by Crippen LogP contribution is 2.11. The summed E-state index contributed by atoms with van der Waals surface area (Å²) in [5.41, 5.74) is 0.225. The van der Waals surface area contributed by atoms with E-state index in [4.69, 9.17) is 10.4 Å². The number of hydrogen-bond acceptors (Lipinski definition) is 3. The molecule has 0 aliphatic heterocycles. The maximum atomic E-state index is 13.0. The monoisotopic (exact) mass is 296 g/mol. The molecule has 0 heterocycles. The number of halogens is 2. The third kappa shape index (κ3) is 4.84. The zero-order valence-electron chi connectivity index (χ0n) is 11.3. The summed E-state index contributed by atoms with van der Waals surface area (Å²) < 4.78 is 25.8. The maximum absolute atomic E-state index is 13.0. The van der Waals surface area contributed by atoms with Crippen molar-refractivity contribution in [1.29, 1.82) is 5.26 Å². The molecule has 0 aromatic heterocycles. The van der Waals surface area contributed by atoms with Gasteiger partial charge < -0.3 is 10.4 Å². The highest BCUT2D eigenvalue weighted by atomic mass is 19.2. The zero-order chi connectivity index (χ0) is 16.0. The van der Waals surface area contributed by atoms with Crippen LogP contribution in [-0.2, 0) is 16.0 Å². The van der Waals surface area contributed by atoms with Crippen molar-refractivity contribution in [2.45, 2.75) is 25.8 Å². The summed E-state index contributed by atoms with van der Waals surface area (Å²) in [5, 5.41) is 19.9. The second-order valence-corrected chi connectivity index (χ2v) is 4.65. The summed E-state index contributed by atoms with van der Waals surface area (Å²) in [5.74, 6) is -4.56. The first-order valence-electron chi connectivity index (χ1n) is 6.18. The van der Waals surface area contributed by atoms with Crippen LogP contribution in [0.25, 0.3) is 0 Å². The molecule has 0 radical (unpaired) electrons. The Morgan fingerprint density at radius 2 is 2.05 bits per heavy atom. The molecule has 0 fully saturated rings. The Hall–Kier alpha value is -2.49. The quantitative estimate of drug-likeness (QED) is 0.834. The Bertz CT molecular complexity index is 584. The van der Waals surface area contributed by atoms with Gasteiger partial charge in [0.2, 0.25) is 5.91 Å². The molecule has 0 bridgehead atoms. The van der Waals surface area contributed by atoms with Crippen LogP contribution in [0.15, 0.2) is 18.2 Å². The lowest BCUT2D eigenvalue weighted by molar-refractivity contribution is -0.143. The third-order valence-electron chi connectivity index (χ3n) is 2.91. The van der Waals surface area contributed by atoms with Gasteiger partial charge in [-0.2, -0.15) is 5.26 Å². The van der Waals surface area contributed by atoms with Gasteiger partial charge in [-0.05, 0) is 17.7 Å².